The van der Waals surface area contributed by atoms with Crippen LogP contribution in [0.15, 0.2) is 42.5 Å². The third-order valence-corrected chi connectivity index (χ3v) is 3.63. The number of esters is 1. The number of hydrogen-bond donors (Lipinski definition) is 2. The molecule has 0 saturated carbocycles. The number of amides is 1. The van der Waals surface area contributed by atoms with Crippen LogP contribution >= 0.6 is 0 Å². The Kier molecular flexibility index (Phi) is 7.27. The van der Waals surface area contributed by atoms with Crippen molar-refractivity contribution in [3.05, 3.63) is 48.0 Å². The van der Waals surface area contributed by atoms with Gasteiger partial charge in [0.15, 0.2) is 29.6 Å². The molecule has 1 amide bonds. The third kappa shape index (κ3) is 5.66. The van der Waals surface area contributed by atoms with Crippen molar-refractivity contribution in [1.29, 1.82) is 0 Å². The van der Waals surface area contributed by atoms with E-state index in [1.807, 2.05) is 0 Å². The fourth-order valence-corrected chi connectivity index (χ4v) is 2.26. The average Bonchev–Trinajstić information content (AvgIpc) is 2.71. The SMILES string of the molecule is COc1cc(/C=C/C(=O)OCC(=O)Nc2ccc(OC)c(OC)c2)ccc1O. The first kappa shape index (κ1) is 20.6. The molecule has 0 spiro atoms. The number of carbonyl (C=O) groups excluding carboxylic acids is 2. The fraction of sp³-hybridized carbons (Fsp3) is 0.200. The third-order valence-electron chi connectivity index (χ3n) is 3.63. The number of hydrogen-bond acceptors (Lipinski definition) is 7. The number of phenols is 1. The molecule has 0 aliphatic rings. The first-order valence-electron chi connectivity index (χ1n) is 8.20. The van der Waals surface area contributed by atoms with Crippen LogP contribution in [0, 0.1) is 0 Å². The lowest BCUT2D eigenvalue weighted by Crippen LogP contribution is -2.20. The molecule has 0 aliphatic carbocycles. The lowest BCUT2D eigenvalue weighted by molar-refractivity contribution is -0.142. The molecule has 0 radical (unpaired) electrons. The molecular formula is C20H21NO7. The number of rotatable bonds is 8. The predicted molar refractivity (Wildman–Crippen MR) is 103 cm³/mol. The van der Waals surface area contributed by atoms with E-state index in [9.17, 15) is 14.7 Å². The second-order valence-electron chi connectivity index (χ2n) is 5.49. The summed E-state index contributed by atoms with van der Waals surface area (Å²) >= 11 is 0. The number of carbonyl (C=O) groups is 2. The molecule has 8 heteroatoms. The highest BCUT2D eigenvalue weighted by atomic mass is 16.5. The number of anilines is 1. The minimum absolute atomic E-state index is 0.00550. The molecule has 0 saturated heterocycles. The number of nitrogens with one attached hydrogen (secondary N) is 1. The van der Waals surface area contributed by atoms with Crippen molar-refractivity contribution in [2.24, 2.45) is 0 Å². The van der Waals surface area contributed by atoms with E-state index in [-0.39, 0.29) is 11.5 Å². The zero-order valence-corrected chi connectivity index (χ0v) is 15.7. The Balaban J connectivity index is 1.87. The molecular weight excluding hydrogens is 366 g/mol. The van der Waals surface area contributed by atoms with Crippen molar-refractivity contribution >= 4 is 23.6 Å². The van der Waals surface area contributed by atoms with Crippen LogP contribution in [0.25, 0.3) is 6.08 Å². The molecule has 2 rings (SSSR count). The molecule has 0 fully saturated rings. The Morgan fingerprint density at radius 1 is 0.964 bits per heavy atom. The molecule has 2 aromatic carbocycles. The minimum atomic E-state index is -0.686. The van der Waals surface area contributed by atoms with Gasteiger partial charge in [0.05, 0.1) is 21.3 Å². The summed E-state index contributed by atoms with van der Waals surface area (Å²) in [5, 5.41) is 12.1. The van der Waals surface area contributed by atoms with Crippen LogP contribution in [0.5, 0.6) is 23.0 Å². The van der Waals surface area contributed by atoms with Crippen molar-refractivity contribution in [2.45, 2.75) is 0 Å². The number of benzene rings is 2. The van der Waals surface area contributed by atoms with Crippen molar-refractivity contribution in [3.63, 3.8) is 0 Å². The Labute approximate surface area is 162 Å². The van der Waals surface area contributed by atoms with Crippen molar-refractivity contribution in [3.8, 4) is 23.0 Å². The van der Waals surface area contributed by atoms with E-state index in [2.05, 4.69) is 5.32 Å². The van der Waals surface area contributed by atoms with Gasteiger partial charge in [-0.05, 0) is 35.9 Å². The summed E-state index contributed by atoms with van der Waals surface area (Å²) < 4.78 is 20.2. The smallest absolute Gasteiger partial charge is 0.331 e. The van der Waals surface area contributed by atoms with Crippen molar-refractivity contribution in [1.82, 2.24) is 0 Å². The average molecular weight is 387 g/mol. The lowest BCUT2D eigenvalue weighted by atomic mass is 10.2. The van der Waals surface area contributed by atoms with Gasteiger partial charge < -0.3 is 29.4 Å². The molecule has 2 aromatic rings. The van der Waals surface area contributed by atoms with E-state index in [1.165, 1.54) is 39.5 Å². The Bertz CT molecular complexity index is 877. The minimum Gasteiger partial charge on any atom is -0.504 e. The van der Waals surface area contributed by atoms with Crippen LogP contribution in [0.4, 0.5) is 5.69 Å². The van der Waals surface area contributed by atoms with Gasteiger partial charge in [-0.2, -0.15) is 0 Å². The first-order chi connectivity index (χ1) is 13.5. The maximum absolute atomic E-state index is 11.9. The molecule has 0 aromatic heterocycles. The summed E-state index contributed by atoms with van der Waals surface area (Å²) in [6.45, 7) is -0.448. The molecule has 148 valence electrons. The molecule has 0 heterocycles. The highest BCUT2D eigenvalue weighted by Crippen LogP contribution is 2.29. The van der Waals surface area contributed by atoms with Gasteiger partial charge in [0.2, 0.25) is 0 Å². The second kappa shape index (κ2) is 9.86. The van der Waals surface area contributed by atoms with Crippen LogP contribution in [0.3, 0.4) is 0 Å². The number of ether oxygens (including phenoxy) is 4. The molecule has 0 unspecified atom stereocenters. The van der Waals surface area contributed by atoms with E-state index in [4.69, 9.17) is 18.9 Å². The van der Waals surface area contributed by atoms with Gasteiger partial charge in [0.25, 0.3) is 5.91 Å². The summed E-state index contributed by atoms with van der Waals surface area (Å²) in [7, 11) is 4.42. The van der Waals surface area contributed by atoms with Gasteiger partial charge >= 0.3 is 5.97 Å². The van der Waals surface area contributed by atoms with Crippen molar-refractivity contribution < 1.29 is 33.6 Å². The zero-order chi connectivity index (χ0) is 20.5. The molecule has 28 heavy (non-hydrogen) atoms. The monoisotopic (exact) mass is 387 g/mol. The summed E-state index contributed by atoms with van der Waals surface area (Å²) in [4.78, 5) is 23.7. The van der Waals surface area contributed by atoms with E-state index < -0.39 is 18.5 Å². The van der Waals surface area contributed by atoms with Crippen LogP contribution in [0.2, 0.25) is 0 Å². The Morgan fingerprint density at radius 2 is 1.68 bits per heavy atom. The molecule has 2 N–H and O–H groups in total. The van der Waals surface area contributed by atoms with Gasteiger partial charge in [-0.1, -0.05) is 6.07 Å². The summed E-state index contributed by atoms with van der Waals surface area (Å²) in [5.41, 5.74) is 1.10. The summed E-state index contributed by atoms with van der Waals surface area (Å²) in [6, 6.07) is 9.49. The predicted octanol–water partition coefficient (Wildman–Crippen LogP) is 2.61. The van der Waals surface area contributed by atoms with Gasteiger partial charge in [-0.25, -0.2) is 4.79 Å². The lowest BCUT2D eigenvalue weighted by Gasteiger charge is -2.10. The van der Waals surface area contributed by atoms with E-state index in [1.54, 1.807) is 30.3 Å². The van der Waals surface area contributed by atoms with E-state index in [0.717, 1.165) is 0 Å². The number of phenolic OH excluding ortho intramolecular Hbond substituents is 1. The maximum Gasteiger partial charge on any atom is 0.331 e. The maximum atomic E-state index is 11.9. The number of aromatic hydroxyl groups is 1. The highest BCUT2D eigenvalue weighted by molar-refractivity contribution is 5.94. The molecule has 8 nitrogen and oxygen atoms in total. The van der Waals surface area contributed by atoms with Gasteiger partial charge in [-0.15, -0.1) is 0 Å². The molecule has 0 aliphatic heterocycles. The zero-order valence-electron chi connectivity index (χ0n) is 15.7. The summed E-state index contributed by atoms with van der Waals surface area (Å²) in [5.74, 6) is 0.0844. The quantitative estimate of drug-likeness (QED) is 0.530. The first-order valence-corrected chi connectivity index (χ1v) is 8.20. The Hall–Kier alpha value is -3.68. The molecule has 0 atom stereocenters. The normalized spacial score (nSPS) is 10.4. The summed E-state index contributed by atoms with van der Waals surface area (Å²) in [6.07, 6.45) is 2.66. The van der Waals surface area contributed by atoms with Crippen LogP contribution in [-0.4, -0.2) is 44.9 Å². The number of methoxy groups -OCH3 is 3. The largest absolute Gasteiger partial charge is 0.504 e. The topological polar surface area (TPSA) is 103 Å². The van der Waals surface area contributed by atoms with Gasteiger partial charge in [0, 0.05) is 17.8 Å². The van der Waals surface area contributed by atoms with Crippen LogP contribution < -0.4 is 19.5 Å². The fourth-order valence-electron chi connectivity index (χ4n) is 2.26. The van der Waals surface area contributed by atoms with Gasteiger partial charge in [0.1, 0.15) is 0 Å². The Morgan fingerprint density at radius 3 is 2.36 bits per heavy atom. The van der Waals surface area contributed by atoms with E-state index in [0.29, 0.717) is 22.7 Å². The standard InChI is InChI=1S/C20H21NO7/c1-25-16-8-6-14(11-18(16)27-3)21-19(23)12-28-20(24)9-5-13-4-7-15(22)17(10-13)26-2/h4-11,22H,12H2,1-3H3,(H,21,23)/b9-5+. The molecule has 0 bridgehead atoms. The van der Waals surface area contributed by atoms with E-state index >= 15 is 0 Å². The van der Waals surface area contributed by atoms with Gasteiger partial charge in [-0.3, -0.25) is 4.79 Å². The van der Waals surface area contributed by atoms with Crippen molar-refractivity contribution in [2.75, 3.05) is 33.3 Å². The van der Waals surface area contributed by atoms with Crippen LogP contribution in [0.1, 0.15) is 5.56 Å². The second-order valence-corrected chi connectivity index (χ2v) is 5.49. The van der Waals surface area contributed by atoms with Crippen LogP contribution in [-0.2, 0) is 14.3 Å². The highest BCUT2D eigenvalue weighted by Gasteiger charge is 2.09.